The molecule has 120 valence electrons. The maximum absolute atomic E-state index is 5.64. The summed E-state index contributed by atoms with van der Waals surface area (Å²) in [5, 5.41) is 17.0. The number of nitrogens with zero attached hydrogens (tertiary/aromatic N) is 2. The monoisotopic (exact) mass is 369 g/mol. The number of thiocarbonyl (C=S) groups is 1. The SMILES string of the molecule is S=C(Nc1ccccc1)N1N=C(c2ccsc2)CC1c1cccs1. The van der Waals surface area contributed by atoms with Gasteiger partial charge in [-0.25, -0.2) is 5.01 Å². The summed E-state index contributed by atoms with van der Waals surface area (Å²) in [7, 11) is 0. The van der Waals surface area contributed by atoms with Crippen molar-refractivity contribution in [2.24, 2.45) is 5.10 Å². The van der Waals surface area contributed by atoms with Crippen LogP contribution in [-0.4, -0.2) is 15.8 Å². The zero-order valence-corrected chi connectivity index (χ0v) is 15.2. The minimum Gasteiger partial charge on any atom is -0.331 e. The molecule has 0 saturated carbocycles. The summed E-state index contributed by atoms with van der Waals surface area (Å²) in [6.45, 7) is 0. The van der Waals surface area contributed by atoms with Gasteiger partial charge in [-0.05, 0) is 52.6 Å². The lowest BCUT2D eigenvalue weighted by atomic mass is 10.1. The van der Waals surface area contributed by atoms with Gasteiger partial charge in [-0.2, -0.15) is 16.4 Å². The van der Waals surface area contributed by atoms with E-state index in [-0.39, 0.29) is 6.04 Å². The molecular formula is C18H15N3S3. The molecule has 1 aliphatic rings. The van der Waals surface area contributed by atoms with Crippen molar-refractivity contribution in [3.8, 4) is 0 Å². The van der Waals surface area contributed by atoms with E-state index in [1.807, 2.05) is 35.3 Å². The van der Waals surface area contributed by atoms with Gasteiger partial charge in [0.05, 0.1) is 11.8 Å². The Labute approximate surface area is 154 Å². The van der Waals surface area contributed by atoms with Crippen LogP contribution in [0.5, 0.6) is 0 Å². The highest BCUT2D eigenvalue weighted by molar-refractivity contribution is 7.80. The highest BCUT2D eigenvalue weighted by Gasteiger charge is 2.32. The zero-order valence-electron chi connectivity index (χ0n) is 12.8. The molecule has 3 aromatic rings. The Kier molecular flexibility index (Phi) is 4.42. The average molecular weight is 370 g/mol. The largest absolute Gasteiger partial charge is 0.331 e. The predicted molar refractivity (Wildman–Crippen MR) is 107 cm³/mol. The van der Waals surface area contributed by atoms with Gasteiger partial charge in [-0.15, -0.1) is 11.3 Å². The standard InChI is InChI=1S/C18H15N3S3/c22-18(19-14-5-2-1-3-6-14)21-16(17-7-4-9-24-17)11-15(20-21)13-8-10-23-12-13/h1-10,12,16H,11H2,(H,19,22). The van der Waals surface area contributed by atoms with E-state index in [0.29, 0.717) is 5.11 Å². The Morgan fingerprint density at radius 3 is 2.71 bits per heavy atom. The van der Waals surface area contributed by atoms with Crippen LogP contribution in [0, 0.1) is 0 Å². The van der Waals surface area contributed by atoms with Crippen molar-refractivity contribution in [3.63, 3.8) is 0 Å². The van der Waals surface area contributed by atoms with Gasteiger partial charge in [-0.3, -0.25) is 0 Å². The Balaban J connectivity index is 1.62. The smallest absolute Gasteiger partial charge is 0.194 e. The molecule has 1 unspecified atom stereocenters. The molecule has 2 aromatic heterocycles. The summed E-state index contributed by atoms with van der Waals surface area (Å²) in [5.74, 6) is 0. The molecule has 24 heavy (non-hydrogen) atoms. The molecule has 0 radical (unpaired) electrons. The first-order chi connectivity index (χ1) is 11.8. The third-order valence-corrected chi connectivity index (χ3v) is 5.82. The summed E-state index contributed by atoms with van der Waals surface area (Å²) < 4.78 is 0. The first-order valence-electron chi connectivity index (χ1n) is 7.60. The fourth-order valence-corrected chi connectivity index (χ4v) is 4.47. The van der Waals surface area contributed by atoms with E-state index in [0.717, 1.165) is 17.8 Å². The summed E-state index contributed by atoms with van der Waals surface area (Å²) >= 11 is 9.08. The van der Waals surface area contributed by atoms with E-state index >= 15 is 0 Å². The van der Waals surface area contributed by atoms with Gasteiger partial charge in [-0.1, -0.05) is 24.3 Å². The zero-order chi connectivity index (χ0) is 16.4. The summed E-state index contributed by atoms with van der Waals surface area (Å²) in [5.41, 5.74) is 3.25. The number of para-hydroxylation sites is 1. The number of hydrogen-bond acceptors (Lipinski definition) is 4. The van der Waals surface area contributed by atoms with Gasteiger partial charge in [0.25, 0.3) is 0 Å². The molecular weight excluding hydrogens is 354 g/mol. The Morgan fingerprint density at radius 1 is 1.12 bits per heavy atom. The predicted octanol–water partition coefficient (Wildman–Crippen LogP) is 5.36. The first-order valence-corrected chi connectivity index (χ1v) is 9.83. The maximum Gasteiger partial charge on any atom is 0.194 e. The molecule has 0 fully saturated rings. The molecule has 3 nitrogen and oxygen atoms in total. The van der Waals surface area contributed by atoms with Gasteiger partial charge in [0.1, 0.15) is 0 Å². The van der Waals surface area contributed by atoms with Crippen LogP contribution < -0.4 is 5.32 Å². The van der Waals surface area contributed by atoms with Crippen molar-refractivity contribution < 1.29 is 0 Å². The molecule has 0 saturated heterocycles. The summed E-state index contributed by atoms with van der Waals surface area (Å²) in [6.07, 6.45) is 0.869. The molecule has 0 aliphatic carbocycles. The molecule has 0 spiro atoms. The Hall–Kier alpha value is -2.02. The second kappa shape index (κ2) is 6.84. The molecule has 0 bridgehead atoms. The van der Waals surface area contributed by atoms with E-state index in [9.17, 15) is 0 Å². The van der Waals surface area contributed by atoms with E-state index in [1.54, 1.807) is 22.7 Å². The van der Waals surface area contributed by atoms with Crippen LogP contribution in [-0.2, 0) is 0 Å². The van der Waals surface area contributed by atoms with E-state index in [1.165, 1.54) is 10.4 Å². The van der Waals surface area contributed by atoms with Crippen LogP contribution in [0.15, 0.2) is 69.8 Å². The quantitative estimate of drug-likeness (QED) is 0.630. The summed E-state index contributed by atoms with van der Waals surface area (Å²) in [4.78, 5) is 1.28. The lowest BCUT2D eigenvalue weighted by Crippen LogP contribution is -2.30. The number of anilines is 1. The summed E-state index contributed by atoms with van der Waals surface area (Å²) in [6, 6.07) is 16.5. The fourth-order valence-electron chi connectivity index (χ4n) is 2.71. The fraction of sp³-hybridized carbons (Fsp3) is 0.111. The number of hydrazone groups is 1. The van der Waals surface area contributed by atoms with Crippen LogP contribution in [0.4, 0.5) is 5.69 Å². The van der Waals surface area contributed by atoms with E-state index in [2.05, 4.69) is 39.7 Å². The number of rotatable bonds is 3. The lowest BCUT2D eigenvalue weighted by molar-refractivity contribution is 0.380. The van der Waals surface area contributed by atoms with Crippen molar-refractivity contribution in [2.45, 2.75) is 12.5 Å². The number of nitrogens with one attached hydrogen (secondary N) is 1. The van der Waals surface area contributed by atoms with Crippen molar-refractivity contribution in [2.75, 3.05) is 5.32 Å². The van der Waals surface area contributed by atoms with Crippen molar-refractivity contribution in [1.29, 1.82) is 0 Å². The van der Waals surface area contributed by atoms with Gasteiger partial charge < -0.3 is 5.32 Å². The Bertz CT molecular complexity index is 839. The van der Waals surface area contributed by atoms with Crippen molar-refractivity contribution in [1.82, 2.24) is 5.01 Å². The van der Waals surface area contributed by atoms with E-state index < -0.39 is 0 Å². The maximum atomic E-state index is 5.64. The van der Waals surface area contributed by atoms with Crippen LogP contribution >= 0.6 is 34.9 Å². The molecule has 3 heterocycles. The van der Waals surface area contributed by atoms with Crippen LogP contribution in [0.3, 0.4) is 0 Å². The number of benzene rings is 1. The highest BCUT2D eigenvalue weighted by Crippen LogP contribution is 2.35. The minimum atomic E-state index is 0.156. The second-order valence-corrected chi connectivity index (χ2v) is 7.58. The third-order valence-electron chi connectivity index (χ3n) is 3.87. The Morgan fingerprint density at radius 2 is 2.00 bits per heavy atom. The van der Waals surface area contributed by atoms with Gasteiger partial charge in [0.2, 0.25) is 0 Å². The second-order valence-electron chi connectivity index (χ2n) is 5.43. The topological polar surface area (TPSA) is 27.6 Å². The molecule has 6 heteroatoms. The lowest BCUT2D eigenvalue weighted by Gasteiger charge is -2.23. The first kappa shape index (κ1) is 15.5. The van der Waals surface area contributed by atoms with Gasteiger partial charge in [0, 0.05) is 22.5 Å². The minimum absolute atomic E-state index is 0.156. The van der Waals surface area contributed by atoms with Crippen molar-refractivity contribution in [3.05, 3.63) is 75.1 Å². The van der Waals surface area contributed by atoms with Gasteiger partial charge >= 0.3 is 0 Å². The van der Waals surface area contributed by atoms with E-state index in [4.69, 9.17) is 17.3 Å². The molecule has 1 atom stereocenters. The molecule has 0 amide bonds. The molecule has 1 N–H and O–H groups in total. The van der Waals surface area contributed by atoms with Gasteiger partial charge in [0.15, 0.2) is 5.11 Å². The van der Waals surface area contributed by atoms with Crippen molar-refractivity contribution >= 4 is 51.4 Å². The number of hydrogen-bond donors (Lipinski definition) is 1. The van der Waals surface area contributed by atoms with Crippen LogP contribution in [0.1, 0.15) is 22.9 Å². The highest BCUT2D eigenvalue weighted by atomic mass is 32.1. The normalized spacial score (nSPS) is 16.9. The molecule has 4 rings (SSSR count). The van der Waals surface area contributed by atoms with Crippen LogP contribution in [0.2, 0.25) is 0 Å². The van der Waals surface area contributed by atoms with Crippen LogP contribution in [0.25, 0.3) is 0 Å². The molecule has 1 aliphatic heterocycles. The average Bonchev–Trinajstić information content (AvgIpc) is 3.35. The third kappa shape index (κ3) is 3.13. The molecule has 1 aromatic carbocycles. The number of thiophene rings is 2.